The molecule has 0 aliphatic carbocycles. The Labute approximate surface area is 366 Å². The molecule has 0 aromatic heterocycles. The van der Waals surface area contributed by atoms with Gasteiger partial charge in [-0.1, -0.05) is 78.9 Å². The number of amides is 2. The molecule has 0 radical (unpaired) electrons. The van der Waals surface area contributed by atoms with E-state index in [1.807, 2.05) is 0 Å². The average Bonchev–Trinajstić information content (AvgIpc) is 3.75. The van der Waals surface area contributed by atoms with Crippen molar-refractivity contribution < 1.29 is 47.9 Å². The second kappa shape index (κ2) is 21.0. The number of likely N-dealkylation sites (tertiary alicyclic amines) is 2. The lowest BCUT2D eigenvalue weighted by molar-refractivity contribution is -0.385. The molecule has 0 saturated carbocycles. The van der Waals surface area contributed by atoms with Gasteiger partial charge in [0, 0.05) is 25.2 Å². The lowest BCUT2D eigenvalue weighted by Crippen LogP contribution is -2.46. The number of carbonyl (C=O) groups is 2. The molecule has 1 N–H and O–H groups in total. The first kappa shape index (κ1) is 52.6. The summed E-state index contributed by atoms with van der Waals surface area (Å²) in [5, 5.41) is 32.7. The van der Waals surface area contributed by atoms with Crippen molar-refractivity contribution in [1.82, 2.24) is 9.80 Å². The number of nitrogens with zero attached hydrogens (tertiary/aromatic N) is 4. The highest BCUT2D eigenvalue weighted by molar-refractivity contribution is 7.20. The fourth-order valence-electron chi connectivity index (χ4n) is 5.75. The predicted molar refractivity (Wildman–Crippen MR) is 243 cm³/mol. The first-order valence-corrected chi connectivity index (χ1v) is 26.6. The molecular weight excluding hydrogens is 844 g/mol. The van der Waals surface area contributed by atoms with Gasteiger partial charge in [0.1, 0.15) is 11.1 Å². The fourth-order valence-corrected chi connectivity index (χ4v) is 6.80. The van der Waals surface area contributed by atoms with Gasteiger partial charge in [-0.3, -0.25) is 29.8 Å². The number of methoxy groups -OCH3 is 4. The van der Waals surface area contributed by atoms with E-state index in [-0.39, 0.29) is 69.7 Å². The molecule has 0 unspecified atom stereocenters. The van der Waals surface area contributed by atoms with Gasteiger partial charge in [-0.25, -0.2) is 0 Å². The Bertz CT molecular complexity index is 1940. The highest BCUT2D eigenvalue weighted by atomic mass is 35.6. The first-order valence-electron chi connectivity index (χ1n) is 19.7. The summed E-state index contributed by atoms with van der Waals surface area (Å²) in [4.78, 5) is 50.8. The predicted octanol–water partition coefficient (Wildman–Crippen LogP) is 9.01. The number of aliphatic hydroxyl groups is 1. The topological polar surface area (TPSA) is 193 Å². The van der Waals surface area contributed by atoms with Crippen molar-refractivity contribution in [2.45, 2.75) is 103 Å². The fraction of sp³-hybridized carbons (Fsp3) is 0.571. The third kappa shape index (κ3) is 13.3. The van der Waals surface area contributed by atoms with Crippen LogP contribution in [0, 0.1) is 20.2 Å². The Morgan fingerprint density at radius 1 is 0.721 bits per heavy atom. The number of hydrogen-bond acceptors (Lipinski definition) is 12. The maximum Gasteiger partial charge on any atom is 0.286 e. The summed E-state index contributed by atoms with van der Waals surface area (Å²) in [7, 11) is 2.16. The number of carbonyl (C=O) groups excluding carboxylic acids is 2. The second-order valence-corrected chi connectivity index (χ2v) is 30.1. The molecule has 2 amide bonds. The van der Waals surface area contributed by atoms with Crippen molar-refractivity contribution in [3.63, 3.8) is 0 Å². The van der Waals surface area contributed by atoms with Gasteiger partial charge >= 0.3 is 0 Å². The van der Waals surface area contributed by atoms with Crippen molar-refractivity contribution in [3.8, 4) is 23.0 Å². The Morgan fingerprint density at radius 2 is 1.05 bits per heavy atom. The molecule has 4 rings (SSSR count). The van der Waals surface area contributed by atoms with Crippen LogP contribution in [0.2, 0.25) is 36.3 Å². The molecule has 0 bridgehead atoms. The highest BCUT2D eigenvalue weighted by Crippen LogP contribution is 2.40. The molecule has 2 aromatic rings. The monoisotopic (exact) mass is 908 g/mol. The van der Waals surface area contributed by atoms with Crippen LogP contribution in [-0.2, 0) is 4.43 Å². The number of aliphatic hydroxyl groups excluding tert-OH is 1. The van der Waals surface area contributed by atoms with Gasteiger partial charge < -0.3 is 38.3 Å². The van der Waals surface area contributed by atoms with Crippen LogP contribution >= 0.6 is 11.1 Å². The van der Waals surface area contributed by atoms with E-state index in [9.17, 15) is 34.9 Å². The summed E-state index contributed by atoms with van der Waals surface area (Å²) in [5.74, 6) is -0.135. The van der Waals surface area contributed by atoms with Crippen LogP contribution in [0.1, 0.15) is 75.1 Å². The third-order valence-corrected chi connectivity index (χ3v) is 21.3. The SMILES string of the molecule is C=C1C[C@@H](CO)N(C(=O)c2cc(OC)c(OC)cc2[N+](=O)[O-])C1.C=C1C[C@@H](CO[Si](C)(C)C(C)(C)C)N(C(=O)c2cc(OC)c(OC)cc2[N+](=O)[O-])C1.CC(C)(C)[Si](C)(C)Cl. The van der Waals surface area contributed by atoms with Crippen LogP contribution in [0.3, 0.4) is 0 Å². The maximum atomic E-state index is 13.4. The third-order valence-electron chi connectivity index (χ3n) is 11.5. The van der Waals surface area contributed by atoms with E-state index in [1.165, 1.54) is 51.5 Å². The molecule has 340 valence electrons. The minimum Gasteiger partial charge on any atom is -0.493 e. The van der Waals surface area contributed by atoms with Crippen molar-refractivity contribution in [2.75, 3.05) is 54.7 Å². The minimum absolute atomic E-state index is 0.0373. The van der Waals surface area contributed by atoms with Crippen LogP contribution in [0.4, 0.5) is 11.4 Å². The lowest BCUT2D eigenvalue weighted by atomic mass is 10.1. The largest absolute Gasteiger partial charge is 0.493 e. The van der Waals surface area contributed by atoms with Gasteiger partial charge in [0.25, 0.3) is 23.2 Å². The summed E-state index contributed by atoms with van der Waals surface area (Å²) < 4.78 is 26.9. The molecule has 2 saturated heterocycles. The Morgan fingerprint density at radius 3 is 1.34 bits per heavy atom. The lowest BCUT2D eigenvalue weighted by Gasteiger charge is -2.38. The Balaban J connectivity index is 0.000000364. The Hall–Kier alpha value is -4.50. The van der Waals surface area contributed by atoms with Gasteiger partial charge in [0.15, 0.2) is 38.7 Å². The number of benzene rings is 2. The molecule has 2 atom stereocenters. The molecule has 2 fully saturated rings. The number of nitro benzene ring substituents is 2. The average molecular weight is 910 g/mol. The van der Waals surface area contributed by atoms with Crippen molar-refractivity contribution in [2.24, 2.45) is 0 Å². The van der Waals surface area contributed by atoms with E-state index in [0.717, 1.165) is 17.2 Å². The van der Waals surface area contributed by atoms with Gasteiger partial charge in [0.05, 0.1) is 75.7 Å². The van der Waals surface area contributed by atoms with E-state index in [1.54, 1.807) is 4.90 Å². The van der Waals surface area contributed by atoms with Gasteiger partial charge in [-0.05, 0) is 36.0 Å². The summed E-state index contributed by atoms with van der Waals surface area (Å²) >= 11 is 6.15. The zero-order valence-corrected chi connectivity index (χ0v) is 41.0. The number of halogens is 1. The first-order chi connectivity index (χ1) is 28.0. The van der Waals surface area contributed by atoms with E-state index in [4.69, 9.17) is 34.5 Å². The molecule has 2 heterocycles. The number of ether oxygens (including phenoxy) is 4. The van der Waals surface area contributed by atoms with Gasteiger partial charge in [-0.2, -0.15) is 11.1 Å². The van der Waals surface area contributed by atoms with Crippen LogP contribution in [-0.4, -0.2) is 119 Å². The van der Waals surface area contributed by atoms with Crippen LogP contribution in [0.5, 0.6) is 23.0 Å². The smallest absolute Gasteiger partial charge is 0.286 e. The molecule has 2 aliphatic rings. The normalized spacial score (nSPS) is 16.9. The zero-order chi connectivity index (χ0) is 47.0. The molecule has 19 heteroatoms. The van der Waals surface area contributed by atoms with E-state index >= 15 is 0 Å². The van der Waals surface area contributed by atoms with E-state index in [0.29, 0.717) is 31.0 Å². The standard InChI is InChI=1S/C21H32N2O6Si.C15H18N2O6.C6H15ClSi/c1-14-9-15(13-29-30(7,8)21(2,3)4)22(12-14)20(24)16-10-18(27-5)19(28-6)11-17(16)23(25)26;1-9-4-10(8-18)16(7-9)15(19)11-5-13(22-2)14(23-3)6-12(11)17(20)21;1-6(2,3)8(4,5)7/h10-11,15H,1,9,12-13H2,2-8H3;5-6,10,18H,1,4,7-8H2,2-3H3;1-5H3/t15-;10-;/m00./s1. The van der Waals surface area contributed by atoms with Crippen molar-refractivity contribution >= 4 is 50.0 Å². The summed E-state index contributed by atoms with van der Waals surface area (Å²) in [6.45, 7) is 30.3. The molecule has 16 nitrogen and oxygen atoms in total. The summed E-state index contributed by atoms with van der Waals surface area (Å²) in [6.07, 6.45) is 1.09. The van der Waals surface area contributed by atoms with E-state index in [2.05, 4.69) is 80.9 Å². The van der Waals surface area contributed by atoms with Crippen molar-refractivity contribution in [3.05, 3.63) is 79.9 Å². The maximum absolute atomic E-state index is 13.4. The van der Waals surface area contributed by atoms with Crippen LogP contribution in [0.25, 0.3) is 0 Å². The number of rotatable bonds is 12. The second-order valence-electron chi connectivity index (χ2n) is 18.0. The van der Waals surface area contributed by atoms with Gasteiger partial charge in [0.2, 0.25) is 0 Å². The van der Waals surface area contributed by atoms with E-state index < -0.39 is 43.4 Å². The number of hydrogen-bond donors (Lipinski definition) is 1. The van der Waals surface area contributed by atoms with Gasteiger partial charge in [-0.15, -0.1) is 0 Å². The quantitative estimate of drug-likeness (QED) is 0.0700. The minimum atomic E-state index is -2.01. The number of nitro groups is 2. The molecule has 61 heavy (non-hydrogen) atoms. The molecule has 2 aliphatic heterocycles. The Kier molecular flexibility index (Phi) is 18.2. The summed E-state index contributed by atoms with van der Waals surface area (Å²) in [6, 6.07) is 4.39. The zero-order valence-electron chi connectivity index (χ0n) is 38.2. The highest BCUT2D eigenvalue weighted by Gasteiger charge is 2.41. The molecular formula is C42H65ClN4O12Si2. The molecule has 2 aromatic carbocycles. The van der Waals surface area contributed by atoms with Crippen molar-refractivity contribution in [1.29, 1.82) is 0 Å². The summed E-state index contributed by atoms with van der Waals surface area (Å²) in [5.41, 5.74) is 0.849. The van der Waals surface area contributed by atoms with Crippen LogP contribution < -0.4 is 18.9 Å². The molecule has 0 spiro atoms. The van der Waals surface area contributed by atoms with Crippen LogP contribution in [0.15, 0.2) is 48.6 Å².